The second kappa shape index (κ2) is 15.4. The molecule has 2 unspecified atom stereocenters. The molecule has 0 saturated carbocycles. The summed E-state index contributed by atoms with van der Waals surface area (Å²) in [6, 6.07) is 28.0. The van der Waals surface area contributed by atoms with Crippen molar-refractivity contribution < 1.29 is 19.1 Å². The number of rotatable bonds is 15. The van der Waals surface area contributed by atoms with Crippen molar-refractivity contribution in [3.05, 3.63) is 108 Å². The molecule has 0 saturated heterocycles. The van der Waals surface area contributed by atoms with Crippen LogP contribution in [0.5, 0.6) is 0 Å². The van der Waals surface area contributed by atoms with Crippen LogP contribution in [0.25, 0.3) is 0 Å². The van der Waals surface area contributed by atoms with Crippen LogP contribution in [0.15, 0.2) is 91.0 Å². The molecule has 2 N–H and O–H groups in total. The van der Waals surface area contributed by atoms with E-state index in [1.54, 1.807) is 0 Å². The average Bonchev–Trinajstić information content (AvgIpc) is 2.93. The van der Waals surface area contributed by atoms with Gasteiger partial charge in [-0.15, -0.1) is 0 Å². The second-order valence-electron chi connectivity index (χ2n) is 10.00. The number of carbonyl (C=O) groups excluding carboxylic acids is 3. The standard InChI is InChI=1S/C32H38N2O4/c1-24(2)20-30(34-31(36)29(33-23-35)19-18-25-12-6-3-7-13-25)28(21-26-14-8-4-9-15-26)32(37)38-22-27-16-10-5-11-17-27/h3-17,23-24,28-30H,18-22H2,1-2H3,(H,33,35)(H,34,36)/t28-,29?,30?/m1/s1. The van der Waals surface area contributed by atoms with Crippen LogP contribution in [0.4, 0.5) is 0 Å². The van der Waals surface area contributed by atoms with Crippen molar-refractivity contribution in [3.63, 3.8) is 0 Å². The molecule has 0 aliphatic carbocycles. The van der Waals surface area contributed by atoms with E-state index in [1.807, 2.05) is 91.0 Å². The van der Waals surface area contributed by atoms with Crippen LogP contribution in [0.3, 0.4) is 0 Å². The molecule has 0 fully saturated rings. The van der Waals surface area contributed by atoms with Gasteiger partial charge < -0.3 is 15.4 Å². The van der Waals surface area contributed by atoms with Gasteiger partial charge in [0.25, 0.3) is 0 Å². The molecule has 200 valence electrons. The molecule has 6 heteroatoms. The van der Waals surface area contributed by atoms with Crippen LogP contribution in [-0.4, -0.2) is 30.4 Å². The first-order valence-electron chi connectivity index (χ1n) is 13.2. The van der Waals surface area contributed by atoms with Gasteiger partial charge in [0.15, 0.2) is 0 Å². The quantitative estimate of drug-likeness (QED) is 0.224. The summed E-state index contributed by atoms with van der Waals surface area (Å²) in [5.74, 6) is -1.01. The summed E-state index contributed by atoms with van der Waals surface area (Å²) in [5, 5.41) is 5.77. The molecule has 0 heterocycles. The second-order valence-corrected chi connectivity index (χ2v) is 10.00. The van der Waals surface area contributed by atoms with Crippen molar-refractivity contribution in [2.45, 2.75) is 58.2 Å². The van der Waals surface area contributed by atoms with E-state index in [-0.39, 0.29) is 24.4 Å². The number of benzene rings is 3. The lowest BCUT2D eigenvalue weighted by molar-refractivity contribution is -0.151. The molecule has 0 aliphatic heterocycles. The molecule has 0 bridgehead atoms. The van der Waals surface area contributed by atoms with Crippen molar-refractivity contribution in [1.29, 1.82) is 0 Å². The molecular formula is C32H38N2O4. The summed E-state index contributed by atoms with van der Waals surface area (Å²) in [7, 11) is 0. The Morgan fingerprint density at radius 3 is 1.92 bits per heavy atom. The Hall–Kier alpha value is -3.93. The maximum Gasteiger partial charge on any atom is 0.311 e. The van der Waals surface area contributed by atoms with Gasteiger partial charge in [0.05, 0.1) is 5.92 Å². The zero-order chi connectivity index (χ0) is 27.2. The fourth-order valence-electron chi connectivity index (χ4n) is 4.54. The SMILES string of the molecule is CC(C)CC(NC(=O)C(CCc1ccccc1)NC=O)[C@@H](Cc1ccccc1)C(=O)OCc1ccccc1. The Kier molecular flexibility index (Phi) is 11.6. The van der Waals surface area contributed by atoms with Crippen LogP contribution in [0.1, 0.15) is 43.4 Å². The summed E-state index contributed by atoms with van der Waals surface area (Å²) in [5.41, 5.74) is 2.98. The van der Waals surface area contributed by atoms with Gasteiger partial charge in [-0.2, -0.15) is 0 Å². The third-order valence-corrected chi connectivity index (χ3v) is 6.51. The lowest BCUT2D eigenvalue weighted by atomic mass is 9.86. The third kappa shape index (κ3) is 9.51. The molecule has 3 aromatic rings. The van der Waals surface area contributed by atoms with Gasteiger partial charge in [-0.05, 0) is 48.3 Å². The van der Waals surface area contributed by atoms with Crippen molar-refractivity contribution in [1.82, 2.24) is 10.6 Å². The Morgan fingerprint density at radius 1 is 0.816 bits per heavy atom. The molecule has 0 radical (unpaired) electrons. The summed E-state index contributed by atoms with van der Waals surface area (Å²) in [6.07, 6.45) is 2.67. The number of amides is 2. The normalized spacial score (nSPS) is 13.2. The Labute approximate surface area is 225 Å². The van der Waals surface area contributed by atoms with Gasteiger partial charge in [0.1, 0.15) is 12.6 Å². The van der Waals surface area contributed by atoms with Crippen LogP contribution in [0.2, 0.25) is 0 Å². The minimum atomic E-state index is -0.708. The van der Waals surface area contributed by atoms with Gasteiger partial charge in [-0.1, -0.05) is 105 Å². The smallest absolute Gasteiger partial charge is 0.311 e. The minimum absolute atomic E-state index is 0.166. The van der Waals surface area contributed by atoms with Gasteiger partial charge >= 0.3 is 5.97 Å². The fourth-order valence-corrected chi connectivity index (χ4v) is 4.54. The highest BCUT2D eigenvalue weighted by molar-refractivity contribution is 5.84. The van der Waals surface area contributed by atoms with Crippen LogP contribution in [-0.2, 0) is 38.6 Å². The van der Waals surface area contributed by atoms with E-state index >= 15 is 0 Å². The number of hydrogen-bond acceptors (Lipinski definition) is 4. The predicted octanol–water partition coefficient (Wildman–Crippen LogP) is 4.87. The molecule has 0 aromatic heterocycles. The largest absolute Gasteiger partial charge is 0.461 e. The van der Waals surface area contributed by atoms with E-state index in [0.717, 1.165) is 16.7 Å². The molecule has 0 aliphatic rings. The maximum atomic E-state index is 13.5. The van der Waals surface area contributed by atoms with Crippen molar-refractivity contribution >= 4 is 18.3 Å². The number of ether oxygens (including phenoxy) is 1. The summed E-state index contributed by atoms with van der Waals surface area (Å²) in [4.78, 5) is 38.2. The van der Waals surface area contributed by atoms with E-state index in [0.29, 0.717) is 32.1 Å². The lowest BCUT2D eigenvalue weighted by Crippen LogP contribution is -2.52. The third-order valence-electron chi connectivity index (χ3n) is 6.51. The first-order valence-corrected chi connectivity index (χ1v) is 13.2. The molecule has 38 heavy (non-hydrogen) atoms. The van der Waals surface area contributed by atoms with Gasteiger partial charge in [0.2, 0.25) is 12.3 Å². The van der Waals surface area contributed by atoms with Crippen LogP contribution < -0.4 is 10.6 Å². The minimum Gasteiger partial charge on any atom is -0.461 e. The number of carbonyl (C=O) groups is 3. The van der Waals surface area contributed by atoms with E-state index in [1.165, 1.54) is 0 Å². The van der Waals surface area contributed by atoms with E-state index in [4.69, 9.17) is 4.74 Å². The number of hydrogen-bond donors (Lipinski definition) is 2. The van der Waals surface area contributed by atoms with Crippen molar-refractivity contribution in [3.8, 4) is 0 Å². The average molecular weight is 515 g/mol. The lowest BCUT2D eigenvalue weighted by Gasteiger charge is -2.30. The fraction of sp³-hybridized carbons (Fsp3) is 0.344. The number of aryl methyl sites for hydroxylation is 1. The first-order chi connectivity index (χ1) is 18.5. The number of nitrogens with one attached hydrogen (secondary N) is 2. The molecular weight excluding hydrogens is 476 g/mol. The number of esters is 1. The highest BCUT2D eigenvalue weighted by Crippen LogP contribution is 2.21. The molecule has 2 amide bonds. The van der Waals surface area contributed by atoms with E-state index in [2.05, 4.69) is 24.5 Å². The highest BCUT2D eigenvalue weighted by atomic mass is 16.5. The Balaban J connectivity index is 1.78. The molecule has 3 rings (SSSR count). The zero-order valence-corrected chi connectivity index (χ0v) is 22.2. The van der Waals surface area contributed by atoms with E-state index < -0.39 is 18.0 Å². The van der Waals surface area contributed by atoms with E-state index in [9.17, 15) is 14.4 Å². The maximum absolute atomic E-state index is 13.5. The summed E-state index contributed by atoms with van der Waals surface area (Å²) < 4.78 is 5.76. The van der Waals surface area contributed by atoms with Gasteiger partial charge in [-0.3, -0.25) is 14.4 Å². The van der Waals surface area contributed by atoms with Crippen molar-refractivity contribution in [2.75, 3.05) is 0 Å². The predicted molar refractivity (Wildman–Crippen MR) is 149 cm³/mol. The summed E-state index contributed by atoms with van der Waals surface area (Å²) >= 11 is 0. The topological polar surface area (TPSA) is 84.5 Å². The van der Waals surface area contributed by atoms with Crippen LogP contribution in [0, 0.1) is 11.8 Å². The molecule has 0 spiro atoms. The molecule has 6 nitrogen and oxygen atoms in total. The van der Waals surface area contributed by atoms with Gasteiger partial charge in [-0.25, -0.2) is 0 Å². The van der Waals surface area contributed by atoms with Gasteiger partial charge in [0, 0.05) is 6.04 Å². The van der Waals surface area contributed by atoms with Crippen LogP contribution >= 0.6 is 0 Å². The zero-order valence-electron chi connectivity index (χ0n) is 22.2. The Bertz CT molecular complexity index is 1120. The highest BCUT2D eigenvalue weighted by Gasteiger charge is 2.33. The Morgan fingerprint density at radius 2 is 1.37 bits per heavy atom. The molecule has 3 atom stereocenters. The summed E-state index contributed by atoms with van der Waals surface area (Å²) in [6.45, 7) is 4.29. The molecule has 3 aromatic carbocycles. The monoisotopic (exact) mass is 514 g/mol. The van der Waals surface area contributed by atoms with Crippen molar-refractivity contribution in [2.24, 2.45) is 11.8 Å². The first kappa shape index (κ1) is 28.6.